The molecule has 1 atom stereocenters. The summed E-state index contributed by atoms with van der Waals surface area (Å²) in [6.07, 6.45) is 2.27. The van der Waals surface area contributed by atoms with Crippen LogP contribution in [0.15, 0.2) is 18.2 Å². The molecule has 2 rings (SSSR count). The maximum Gasteiger partial charge on any atom is 0.0591 e. The molecule has 1 aromatic carbocycles. The number of hydrogen-bond acceptors (Lipinski definition) is 0. The first-order valence-electron chi connectivity index (χ1n) is 4.01. The first-order valence-corrected chi connectivity index (χ1v) is 4.44. The van der Waals surface area contributed by atoms with E-state index in [0.717, 1.165) is 12.8 Å². The lowest BCUT2D eigenvalue weighted by atomic mass is 10.1. The lowest BCUT2D eigenvalue weighted by Crippen LogP contribution is -1.84. The first kappa shape index (κ1) is 7.17. The summed E-state index contributed by atoms with van der Waals surface area (Å²) < 4.78 is 0. The Morgan fingerprint density at radius 1 is 1.45 bits per heavy atom. The van der Waals surface area contributed by atoms with Gasteiger partial charge >= 0.3 is 0 Å². The molecule has 0 saturated carbocycles. The predicted octanol–water partition coefficient (Wildman–Crippen LogP) is 3.22. The molecular formula is C10H11Cl. The van der Waals surface area contributed by atoms with E-state index in [4.69, 9.17) is 11.6 Å². The molecule has 1 aliphatic rings. The Morgan fingerprint density at radius 2 is 2.27 bits per heavy atom. The molecule has 0 spiro atoms. The van der Waals surface area contributed by atoms with Crippen molar-refractivity contribution in [1.29, 1.82) is 0 Å². The van der Waals surface area contributed by atoms with Crippen LogP contribution in [0.25, 0.3) is 0 Å². The number of fused-ring (bicyclic) bond motifs is 1. The molecule has 1 aromatic rings. The minimum absolute atomic E-state index is 0.268. The number of aryl methyl sites for hydroxylation is 2. The topological polar surface area (TPSA) is 0 Å². The zero-order valence-corrected chi connectivity index (χ0v) is 7.36. The molecule has 0 heterocycles. The van der Waals surface area contributed by atoms with Crippen LogP contribution in [0.5, 0.6) is 0 Å². The molecule has 0 fully saturated rings. The lowest BCUT2D eigenvalue weighted by Gasteiger charge is -2.02. The Bertz CT molecular complexity index is 278. The van der Waals surface area contributed by atoms with E-state index in [2.05, 4.69) is 25.1 Å². The van der Waals surface area contributed by atoms with E-state index < -0.39 is 0 Å². The Morgan fingerprint density at radius 3 is 3.09 bits per heavy atom. The third-order valence-corrected chi connectivity index (χ3v) is 2.76. The van der Waals surface area contributed by atoms with Crippen molar-refractivity contribution in [3.63, 3.8) is 0 Å². The van der Waals surface area contributed by atoms with Gasteiger partial charge in [0.15, 0.2) is 0 Å². The van der Waals surface area contributed by atoms with E-state index in [9.17, 15) is 0 Å². The second-order valence-electron chi connectivity index (χ2n) is 3.21. The van der Waals surface area contributed by atoms with Gasteiger partial charge in [0.2, 0.25) is 0 Å². The van der Waals surface area contributed by atoms with Crippen molar-refractivity contribution in [2.24, 2.45) is 0 Å². The lowest BCUT2D eigenvalue weighted by molar-refractivity contribution is 0.881. The van der Waals surface area contributed by atoms with Crippen LogP contribution < -0.4 is 0 Å². The Hall–Kier alpha value is -0.490. The van der Waals surface area contributed by atoms with Gasteiger partial charge in [-0.2, -0.15) is 0 Å². The van der Waals surface area contributed by atoms with Crippen molar-refractivity contribution in [1.82, 2.24) is 0 Å². The van der Waals surface area contributed by atoms with Crippen molar-refractivity contribution in [3.8, 4) is 0 Å². The zero-order chi connectivity index (χ0) is 7.84. The van der Waals surface area contributed by atoms with Crippen LogP contribution in [0.3, 0.4) is 0 Å². The average Bonchev–Trinajstić information content (AvgIpc) is 2.33. The summed E-state index contributed by atoms with van der Waals surface area (Å²) in [5.74, 6) is 0. The molecule has 11 heavy (non-hydrogen) atoms. The highest BCUT2D eigenvalue weighted by Crippen LogP contribution is 2.36. The number of halogens is 1. The van der Waals surface area contributed by atoms with Gasteiger partial charge in [-0.3, -0.25) is 0 Å². The molecule has 58 valence electrons. The fraction of sp³-hybridized carbons (Fsp3) is 0.400. The van der Waals surface area contributed by atoms with Gasteiger partial charge in [-0.1, -0.05) is 23.8 Å². The van der Waals surface area contributed by atoms with Crippen LogP contribution in [-0.4, -0.2) is 0 Å². The van der Waals surface area contributed by atoms with E-state index in [1.54, 1.807) is 0 Å². The maximum absolute atomic E-state index is 6.11. The van der Waals surface area contributed by atoms with Gasteiger partial charge in [0.05, 0.1) is 5.38 Å². The second-order valence-corrected chi connectivity index (χ2v) is 3.74. The number of rotatable bonds is 0. The number of hydrogen-bond donors (Lipinski definition) is 0. The van der Waals surface area contributed by atoms with E-state index in [-0.39, 0.29) is 5.38 Å². The van der Waals surface area contributed by atoms with Crippen molar-refractivity contribution in [2.75, 3.05) is 0 Å². The molecule has 0 amide bonds. The Labute approximate surface area is 72.2 Å². The van der Waals surface area contributed by atoms with Gasteiger partial charge in [0.25, 0.3) is 0 Å². The summed E-state index contributed by atoms with van der Waals surface area (Å²) in [6.45, 7) is 2.11. The van der Waals surface area contributed by atoms with Crippen LogP contribution in [0, 0.1) is 6.92 Å². The smallest absolute Gasteiger partial charge is 0.0591 e. The normalized spacial score (nSPS) is 21.8. The highest BCUT2D eigenvalue weighted by molar-refractivity contribution is 6.21. The molecule has 0 nitrogen and oxygen atoms in total. The standard InChI is InChI=1S/C10H11Cl/c1-7-2-3-8-4-5-10(11)9(8)6-7/h2-3,6,10H,4-5H2,1H3. The van der Waals surface area contributed by atoms with Gasteiger partial charge in [0.1, 0.15) is 0 Å². The third kappa shape index (κ3) is 1.16. The highest BCUT2D eigenvalue weighted by Gasteiger charge is 2.19. The minimum Gasteiger partial charge on any atom is -0.118 e. The van der Waals surface area contributed by atoms with Crippen LogP contribution in [0.1, 0.15) is 28.5 Å². The van der Waals surface area contributed by atoms with Crippen molar-refractivity contribution >= 4 is 11.6 Å². The van der Waals surface area contributed by atoms with E-state index in [1.807, 2.05) is 0 Å². The molecule has 0 radical (unpaired) electrons. The molecule has 0 aromatic heterocycles. The number of benzene rings is 1. The first-order chi connectivity index (χ1) is 5.27. The van der Waals surface area contributed by atoms with Crippen LogP contribution in [0.2, 0.25) is 0 Å². The molecule has 0 saturated heterocycles. The highest BCUT2D eigenvalue weighted by atomic mass is 35.5. The Balaban J connectivity index is 2.52. The van der Waals surface area contributed by atoms with Gasteiger partial charge < -0.3 is 0 Å². The van der Waals surface area contributed by atoms with Gasteiger partial charge in [-0.15, -0.1) is 11.6 Å². The van der Waals surface area contributed by atoms with E-state index in [0.29, 0.717) is 0 Å². The fourth-order valence-corrected chi connectivity index (χ4v) is 1.98. The molecular weight excluding hydrogens is 156 g/mol. The average molecular weight is 167 g/mol. The number of alkyl halides is 1. The van der Waals surface area contributed by atoms with Crippen molar-refractivity contribution < 1.29 is 0 Å². The van der Waals surface area contributed by atoms with Gasteiger partial charge in [0, 0.05) is 0 Å². The summed E-state index contributed by atoms with van der Waals surface area (Å²) in [7, 11) is 0. The molecule has 1 heteroatoms. The summed E-state index contributed by atoms with van der Waals surface area (Å²) in [5.41, 5.74) is 4.11. The van der Waals surface area contributed by atoms with Gasteiger partial charge in [-0.05, 0) is 30.9 Å². The summed E-state index contributed by atoms with van der Waals surface area (Å²) >= 11 is 6.11. The second kappa shape index (κ2) is 2.53. The summed E-state index contributed by atoms with van der Waals surface area (Å²) in [4.78, 5) is 0. The van der Waals surface area contributed by atoms with Crippen LogP contribution in [-0.2, 0) is 6.42 Å². The molecule has 0 bridgehead atoms. The maximum atomic E-state index is 6.11. The molecule has 0 aliphatic heterocycles. The summed E-state index contributed by atoms with van der Waals surface area (Å²) in [5, 5.41) is 0.268. The van der Waals surface area contributed by atoms with Crippen LogP contribution in [0.4, 0.5) is 0 Å². The minimum atomic E-state index is 0.268. The van der Waals surface area contributed by atoms with E-state index in [1.165, 1.54) is 16.7 Å². The molecule has 1 aliphatic carbocycles. The van der Waals surface area contributed by atoms with Crippen LogP contribution >= 0.6 is 11.6 Å². The quantitative estimate of drug-likeness (QED) is 0.520. The van der Waals surface area contributed by atoms with Gasteiger partial charge in [-0.25, -0.2) is 0 Å². The largest absolute Gasteiger partial charge is 0.118 e. The fourth-order valence-electron chi connectivity index (χ4n) is 1.67. The SMILES string of the molecule is Cc1ccc2c(c1)C(Cl)CC2. The Kier molecular flexibility index (Phi) is 1.65. The zero-order valence-electron chi connectivity index (χ0n) is 6.60. The molecule has 0 N–H and O–H groups in total. The van der Waals surface area contributed by atoms with Crippen molar-refractivity contribution in [3.05, 3.63) is 34.9 Å². The third-order valence-electron chi connectivity index (χ3n) is 2.31. The van der Waals surface area contributed by atoms with E-state index >= 15 is 0 Å². The van der Waals surface area contributed by atoms with Crippen molar-refractivity contribution in [2.45, 2.75) is 25.1 Å². The monoisotopic (exact) mass is 166 g/mol. The predicted molar refractivity (Wildman–Crippen MR) is 48.1 cm³/mol. The molecule has 1 unspecified atom stereocenters. The summed E-state index contributed by atoms with van der Waals surface area (Å²) in [6, 6.07) is 6.57.